The van der Waals surface area contributed by atoms with Crippen molar-refractivity contribution < 1.29 is 12.6 Å². The summed E-state index contributed by atoms with van der Waals surface area (Å²) < 4.78 is 29.1. The minimum Gasteiger partial charge on any atom is -0.266 e. The minimum atomic E-state index is -3.59. The molecule has 0 atom stereocenters. The van der Waals surface area contributed by atoms with Gasteiger partial charge in [-0.25, -0.2) is 0 Å². The minimum absolute atomic E-state index is 0. The fourth-order valence-corrected chi connectivity index (χ4v) is 5.14. The van der Waals surface area contributed by atoms with Gasteiger partial charge in [0.05, 0.1) is 11.5 Å². The molecule has 0 aliphatic rings. The molecule has 188 valence electrons. The molecule has 1 aromatic rings. The van der Waals surface area contributed by atoms with E-state index in [1.165, 1.54) is 116 Å². The van der Waals surface area contributed by atoms with E-state index in [0.717, 1.165) is 12.8 Å². The second-order valence-corrected chi connectivity index (χ2v) is 10.9. The number of rotatable bonds is 23. The molecular weight excluding hydrogens is 554 g/mol. The average molecular weight is 604 g/mol. The maximum Gasteiger partial charge on any atom is 0.296 e. The number of benzene rings is 1. The Morgan fingerprint density at radius 3 is 1.24 bits per heavy atom. The van der Waals surface area contributed by atoms with E-state index in [2.05, 4.69) is 6.92 Å². The predicted molar refractivity (Wildman–Crippen MR) is 143 cm³/mol. The van der Waals surface area contributed by atoms with Gasteiger partial charge in [-0.05, 0) is 18.6 Å². The molecule has 1 aromatic carbocycles. The van der Waals surface area contributed by atoms with Crippen LogP contribution in [0.15, 0.2) is 35.2 Å². The molecule has 0 spiro atoms. The number of unbranched alkanes of at least 4 members (excludes halogenated alkanes) is 19. The molecule has 0 heterocycles. The Morgan fingerprint density at radius 1 is 0.545 bits per heavy atom. The molecule has 33 heavy (non-hydrogen) atoms. The summed E-state index contributed by atoms with van der Waals surface area (Å²) in [6.07, 6.45) is 26.8. The van der Waals surface area contributed by atoms with Gasteiger partial charge >= 0.3 is 0 Å². The largest absolute Gasteiger partial charge is 0.296 e. The standard InChI is InChI=1S/C28H50O3S.Ba/c1-2-3-4-5-6-7-8-9-10-11-12-13-14-15-16-17-18-19-20-24-27-31-32(29,30)28-25-22-21-23-26-28;/h21-23,25-26H,2-20,24,27H2,1H3;. The first-order chi connectivity index (χ1) is 15.7. The third-order valence-electron chi connectivity index (χ3n) is 6.27. The smallest absolute Gasteiger partial charge is 0.266 e. The normalized spacial score (nSPS) is 11.4. The van der Waals surface area contributed by atoms with Crippen molar-refractivity contribution in [2.24, 2.45) is 0 Å². The van der Waals surface area contributed by atoms with Gasteiger partial charge in [0.15, 0.2) is 0 Å². The van der Waals surface area contributed by atoms with Crippen LogP contribution >= 0.6 is 0 Å². The predicted octanol–water partition coefficient (Wildman–Crippen LogP) is 8.83. The second-order valence-electron chi connectivity index (χ2n) is 9.31. The fourth-order valence-electron chi connectivity index (χ4n) is 4.18. The quantitative estimate of drug-likeness (QED) is 0.0713. The summed E-state index contributed by atoms with van der Waals surface area (Å²) in [6, 6.07) is 8.39. The SMILES string of the molecule is CCCCCCCCCCCCCCCCCCCCCCOS(=O)(=O)c1ccccc1.[Ba]. The maximum atomic E-state index is 12.0. The van der Waals surface area contributed by atoms with Crippen LogP contribution in [0.3, 0.4) is 0 Å². The summed E-state index contributed by atoms with van der Waals surface area (Å²) >= 11 is 0. The van der Waals surface area contributed by atoms with E-state index in [1.807, 2.05) is 0 Å². The van der Waals surface area contributed by atoms with Crippen molar-refractivity contribution in [1.82, 2.24) is 0 Å². The molecule has 0 bridgehead atoms. The zero-order chi connectivity index (χ0) is 23.2. The Hall–Kier alpha value is 0.701. The zero-order valence-electron chi connectivity index (χ0n) is 21.6. The van der Waals surface area contributed by atoms with Crippen LogP contribution in [0.25, 0.3) is 0 Å². The van der Waals surface area contributed by atoms with E-state index in [9.17, 15) is 8.42 Å². The van der Waals surface area contributed by atoms with Crippen LogP contribution in [0.5, 0.6) is 0 Å². The topological polar surface area (TPSA) is 43.4 Å². The summed E-state index contributed by atoms with van der Waals surface area (Å²) in [5.74, 6) is 0. The number of hydrogen-bond donors (Lipinski definition) is 0. The molecule has 0 fully saturated rings. The van der Waals surface area contributed by atoms with Crippen molar-refractivity contribution in [3.63, 3.8) is 0 Å². The van der Waals surface area contributed by atoms with E-state index >= 15 is 0 Å². The van der Waals surface area contributed by atoms with Crippen LogP contribution < -0.4 is 0 Å². The van der Waals surface area contributed by atoms with Crippen molar-refractivity contribution in [1.29, 1.82) is 0 Å². The van der Waals surface area contributed by atoms with Gasteiger partial charge in [0, 0.05) is 48.9 Å². The molecule has 0 saturated heterocycles. The third kappa shape index (κ3) is 20.6. The first-order valence-corrected chi connectivity index (χ1v) is 15.0. The molecule has 1 rings (SSSR count). The third-order valence-corrected chi connectivity index (χ3v) is 7.59. The van der Waals surface area contributed by atoms with E-state index in [1.54, 1.807) is 30.3 Å². The Balaban J connectivity index is 0.0000102. The first-order valence-electron chi connectivity index (χ1n) is 13.6. The Bertz CT molecular complexity index is 619. The van der Waals surface area contributed by atoms with Crippen LogP contribution in [0.1, 0.15) is 135 Å². The van der Waals surface area contributed by atoms with E-state index < -0.39 is 10.1 Å². The molecule has 0 amide bonds. The van der Waals surface area contributed by atoms with Crippen molar-refractivity contribution in [3.05, 3.63) is 30.3 Å². The van der Waals surface area contributed by atoms with Crippen molar-refractivity contribution in [2.75, 3.05) is 6.61 Å². The Kier molecular flexibility index (Phi) is 24.9. The van der Waals surface area contributed by atoms with Gasteiger partial charge in [-0.15, -0.1) is 0 Å². The summed E-state index contributed by atoms with van der Waals surface area (Å²) in [6.45, 7) is 2.57. The van der Waals surface area contributed by atoms with Crippen LogP contribution in [-0.2, 0) is 14.3 Å². The number of hydrogen-bond acceptors (Lipinski definition) is 3. The van der Waals surface area contributed by atoms with Gasteiger partial charge in [0.25, 0.3) is 10.1 Å². The van der Waals surface area contributed by atoms with Crippen LogP contribution in [0.4, 0.5) is 0 Å². The molecule has 0 unspecified atom stereocenters. The van der Waals surface area contributed by atoms with Crippen molar-refractivity contribution in [2.45, 2.75) is 140 Å². The van der Waals surface area contributed by atoms with Gasteiger partial charge in [-0.3, -0.25) is 4.18 Å². The first kappa shape index (κ1) is 33.7. The molecule has 2 radical (unpaired) electrons. The Morgan fingerprint density at radius 2 is 0.879 bits per heavy atom. The molecule has 0 N–H and O–H groups in total. The monoisotopic (exact) mass is 604 g/mol. The average Bonchev–Trinajstić information content (AvgIpc) is 2.80. The second kappa shape index (κ2) is 24.4. The van der Waals surface area contributed by atoms with Crippen molar-refractivity contribution >= 4 is 59.0 Å². The molecule has 0 aliphatic carbocycles. The van der Waals surface area contributed by atoms with Gasteiger partial charge in [0.1, 0.15) is 0 Å². The van der Waals surface area contributed by atoms with Crippen LogP contribution in [-0.4, -0.2) is 63.9 Å². The van der Waals surface area contributed by atoms with Crippen LogP contribution in [0, 0.1) is 0 Å². The molecule has 0 saturated carbocycles. The van der Waals surface area contributed by atoms with Gasteiger partial charge in [-0.1, -0.05) is 147 Å². The zero-order valence-corrected chi connectivity index (χ0v) is 26.8. The van der Waals surface area contributed by atoms with E-state index in [-0.39, 0.29) is 60.4 Å². The van der Waals surface area contributed by atoms with Gasteiger partial charge in [-0.2, -0.15) is 8.42 Å². The summed E-state index contributed by atoms with van der Waals surface area (Å²) in [4.78, 5) is 0.244. The summed E-state index contributed by atoms with van der Waals surface area (Å²) in [5.41, 5.74) is 0. The summed E-state index contributed by atoms with van der Waals surface area (Å²) in [7, 11) is -3.59. The van der Waals surface area contributed by atoms with Gasteiger partial charge < -0.3 is 0 Å². The van der Waals surface area contributed by atoms with E-state index in [0.29, 0.717) is 0 Å². The van der Waals surface area contributed by atoms with E-state index in [4.69, 9.17) is 4.18 Å². The molecular formula is C28H50BaO3S. The van der Waals surface area contributed by atoms with Crippen LogP contribution in [0.2, 0.25) is 0 Å². The fraction of sp³-hybridized carbons (Fsp3) is 0.786. The van der Waals surface area contributed by atoms with Gasteiger partial charge in [0.2, 0.25) is 0 Å². The summed E-state index contributed by atoms with van der Waals surface area (Å²) in [5, 5.41) is 0. The maximum absolute atomic E-state index is 12.0. The molecule has 3 nitrogen and oxygen atoms in total. The molecule has 5 heteroatoms. The molecule has 0 aromatic heterocycles. The Labute approximate surface area is 246 Å². The van der Waals surface area contributed by atoms with Crippen molar-refractivity contribution in [3.8, 4) is 0 Å². The molecule has 0 aliphatic heterocycles.